The van der Waals surface area contributed by atoms with Gasteiger partial charge in [-0.05, 0) is 25.7 Å². The molecule has 1 aromatic rings. The minimum Gasteiger partial charge on any atom is -0.388 e. The topological polar surface area (TPSA) is 55.0 Å². The molecule has 1 aliphatic carbocycles. The number of hydrogen-bond donors (Lipinski definition) is 1. The molecule has 2 N–H and O–H groups in total. The number of nitrogens with zero attached hydrogens (tertiary/aromatic N) is 3. The zero-order valence-electron chi connectivity index (χ0n) is 10.1. The summed E-state index contributed by atoms with van der Waals surface area (Å²) in [5, 5.41) is 0. The average molecular weight is 250 g/mol. The molecule has 1 heterocycles. The van der Waals surface area contributed by atoms with E-state index < -0.39 is 0 Å². The molecule has 17 heavy (non-hydrogen) atoms. The van der Waals surface area contributed by atoms with Crippen molar-refractivity contribution in [2.75, 3.05) is 18.0 Å². The molecular formula is C12H18N4S. The summed E-state index contributed by atoms with van der Waals surface area (Å²) in [6.45, 7) is 4.18. The molecule has 0 unspecified atom stereocenters. The first kappa shape index (κ1) is 12.2. The maximum absolute atomic E-state index is 5.50. The van der Waals surface area contributed by atoms with Gasteiger partial charge in [-0.1, -0.05) is 18.6 Å². The molecule has 4 nitrogen and oxygen atoms in total. The quantitative estimate of drug-likeness (QED) is 0.807. The van der Waals surface area contributed by atoms with Crippen LogP contribution in [0.2, 0.25) is 0 Å². The van der Waals surface area contributed by atoms with Gasteiger partial charge in [0.2, 0.25) is 0 Å². The van der Waals surface area contributed by atoms with E-state index in [2.05, 4.69) is 21.8 Å². The van der Waals surface area contributed by atoms with Crippen molar-refractivity contribution in [2.24, 2.45) is 11.7 Å². The lowest BCUT2D eigenvalue weighted by Crippen LogP contribution is -2.33. The standard InChI is InChI=1S/C12H18N4S/c1-2-16(8-9-4-3-5-9)11-7-14-10(6-15-11)12(13)17/h6-7,9H,2-5,8H2,1H3,(H2,13,17). The van der Waals surface area contributed by atoms with Crippen molar-refractivity contribution in [2.45, 2.75) is 26.2 Å². The molecule has 0 bridgehead atoms. The number of aromatic nitrogens is 2. The highest BCUT2D eigenvalue weighted by molar-refractivity contribution is 7.80. The van der Waals surface area contributed by atoms with E-state index in [9.17, 15) is 0 Å². The average Bonchev–Trinajstić information content (AvgIpc) is 2.28. The first-order valence-corrected chi connectivity index (χ1v) is 6.48. The van der Waals surface area contributed by atoms with Crippen LogP contribution < -0.4 is 10.6 Å². The first-order chi connectivity index (χ1) is 8.20. The van der Waals surface area contributed by atoms with E-state index in [0.29, 0.717) is 10.7 Å². The Balaban J connectivity index is 2.04. The van der Waals surface area contributed by atoms with E-state index >= 15 is 0 Å². The van der Waals surface area contributed by atoms with Gasteiger partial charge in [-0.15, -0.1) is 0 Å². The molecule has 1 aromatic heterocycles. The normalized spacial score (nSPS) is 15.4. The van der Waals surface area contributed by atoms with E-state index in [4.69, 9.17) is 18.0 Å². The largest absolute Gasteiger partial charge is 0.388 e. The van der Waals surface area contributed by atoms with Gasteiger partial charge in [0.15, 0.2) is 0 Å². The van der Waals surface area contributed by atoms with Crippen molar-refractivity contribution in [3.63, 3.8) is 0 Å². The summed E-state index contributed by atoms with van der Waals surface area (Å²) < 4.78 is 0. The second-order valence-corrected chi connectivity index (χ2v) is 4.90. The predicted octanol–water partition coefficient (Wildman–Crippen LogP) is 1.74. The Morgan fingerprint density at radius 3 is 2.65 bits per heavy atom. The molecule has 5 heteroatoms. The SMILES string of the molecule is CCN(CC1CCC1)c1cnc(C(N)=S)cn1. The maximum Gasteiger partial charge on any atom is 0.147 e. The predicted molar refractivity (Wildman–Crippen MR) is 73.1 cm³/mol. The van der Waals surface area contributed by atoms with Crippen molar-refractivity contribution in [1.29, 1.82) is 0 Å². The maximum atomic E-state index is 5.50. The fourth-order valence-electron chi connectivity index (χ4n) is 1.98. The van der Waals surface area contributed by atoms with Gasteiger partial charge < -0.3 is 10.6 Å². The highest BCUT2D eigenvalue weighted by atomic mass is 32.1. The fraction of sp³-hybridized carbons (Fsp3) is 0.583. The molecule has 0 amide bonds. The van der Waals surface area contributed by atoms with Crippen LogP contribution in [0.4, 0.5) is 5.82 Å². The summed E-state index contributed by atoms with van der Waals surface area (Å²) >= 11 is 4.86. The minimum atomic E-state index is 0.297. The van der Waals surface area contributed by atoms with Gasteiger partial charge in [0, 0.05) is 13.1 Å². The molecule has 1 saturated carbocycles. The van der Waals surface area contributed by atoms with Crippen molar-refractivity contribution >= 4 is 23.0 Å². The number of hydrogen-bond acceptors (Lipinski definition) is 4. The lowest BCUT2D eigenvalue weighted by atomic mass is 9.85. The summed E-state index contributed by atoms with van der Waals surface area (Å²) in [4.78, 5) is 11.2. The number of rotatable bonds is 5. The monoisotopic (exact) mass is 250 g/mol. The van der Waals surface area contributed by atoms with Crippen LogP contribution in [0.5, 0.6) is 0 Å². The summed E-state index contributed by atoms with van der Waals surface area (Å²) in [5.74, 6) is 1.74. The van der Waals surface area contributed by atoms with E-state index in [1.165, 1.54) is 19.3 Å². The molecule has 0 aromatic carbocycles. The van der Waals surface area contributed by atoms with Gasteiger partial charge in [-0.2, -0.15) is 0 Å². The Labute approximate surface area is 107 Å². The van der Waals surface area contributed by atoms with Gasteiger partial charge in [0.1, 0.15) is 16.5 Å². The Morgan fingerprint density at radius 2 is 2.24 bits per heavy atom. The molecule has 92 valence electrons. The van der Waals surface area contributed by atoms with E-state index in [-0.39, 0.29) is 0 Å². The van der Waals surface area contributed by atoms with Crippen LogP contribution in [0.15, 0.2) is 12.4 Å². The summed E-state index contributed by atoms with van der Waals surface area (Å²) in [6, 6.07) is 0. The van der Waals surface area contributed by atoms with E-state index in [1.54, 1.807) is 12.4 Å². The van der Waals surface area contributed by atoms with Crippen LogP contribution in [0, 0.1) is 5.92 Å². The fourth-order valence-corrected chi connectivity index (χ4v) is 2.09. The molecule has 2 rings (SSSR count). The van der Waals surface area contributed by atoms with E-state index in [1.807, 2.05) is 0 Å². The molecule has 1 fully saturated rings. The number of nitrogens with two attached hydrogens (primary N) is 1. The highest BCUT2D eigenvalue weighted by Gasteiger charge is 2.20. The molecule has 1 aliphatic rings. The third-order valence-corrected chi connectivity index (χ3v) is 3.51. The highest BCUT2D eigenvalue weighted by Crippen LogP contribution is 2.28. The van der Waals surface area contributed by atoms with Crippen molar-refractivity contribution < 1.29 is 0 Å². The number of thiocarbonyl (C=S) groups is 1. The molecule has 0 atom stereocenters. The summed E-state index contributed by atoms with van der Waals surface area (Å²) in [7, 11) is 0. The van der Waals surface area contributed by atoms with Gasteiger partial charge in [-0.3, -0.25) is 0 Å². The Hall–Kier alpha value is -1.23. The summed E-state index contributed by atoms with van der Waals surface area (Å²) in [6.07, 6.45) is 7.47. The molecule has 0 spiro atoms. The van der Waals surface area contributed by atoms with Crippen molar-refractivity contribution in [1.82, 2.24) is 9.97 Å². The van der Waals surface area contributed by atoms with Crippen molar-refractivity contribution in [3.05, 3.63) is 18.1 Å². The summed E-state index contributed by atoms with van der Waals surface area (Å²) in [5.41, 5.74) is 6.09. The van der Waals surface area contributed by atoms with Gasteiger partial charge in [-0.25, -0.2) is 9.97 Å². The Morgan fingerprint density at radius 1 is 1.47 bits per heavy atom. The van der Waals surface area contributed by atoms with Crippen LogP contribution >= 0.6 is 12.2 Å². The third-order valence-electron chi connectivity index (χ3n) is 3.30. The molecule has 0 aliphatic heterocycles. The first-order valence-electron chi connectivity index (χ1n) is 6.07. The molecule has 0 radical (unpaired) electrons. The van der Waals surface area contributed by atoms with Crippen LogP contribution in [-0.2, 0) is 0 Å². The van der Waals surface area contributed by atoms with Gasteiger partial charge >= 0.3 is 0 Å². The lowest BCUT2D eigenvalue weighted by Gasteiger charge is -2.32. The Kier molecular flexibility index (Phi) is 3.89. The van der Waals surface area contributed by atoms with Gasteiger partial charge in [0.25, 0.3) is 0 Å². The van der Waals surface area contributed by atoms with Crippen LogP contribution in [0.25, 0.3) is 0 Å². The lowest BCUT2D eigenvalue weighted by molar-refractivity contribution is 0.318. The van der Waals surface area contributed by atoms with Crippen LogP contribution in [0.3, 0.4) is 0 Å². The van der Waals surface area contributed by atoms with Crippen molar-refractivity contribution in [3.8, 4) is 0 Å². The second-order valence-electron chi connectivity index (χ2n) is 4.46. The smallest absolute Gasteiger partial charge is 0.147 e. The zero-order chi connectivity index (χ0) is 12.3. The minimum absolute atomic E-state index is 0.297. The molecular weight excluding hydrogens is 232 g/mol. The van der Waals surface area contributed by atoms with Gasteiger partial charge in [0.05, 0.1) is 12.4 Å². The van der Waals surface area contributed by atoms with Crippen LogP contribution in [0.1, 0.15) is 31.9 Å². The van der Waals surface area contributed by atoms with Crippen LogP contribution in [-0.4, -0.2) is 28.0 Å². The number of anilines is 1. The Bertz CT molecular complexity index is 386. The zero-order valence-corrected chi connectivity index (χ0v) is 10.9. The molecule has 0 saturated heterocycles. The third kappa shape index (κ3) is 2.91. The van der Waals surface area contributed by atoms with E-state index in [0.717, 1.165) is 24.8 Å². The second kappa shape index (κ2) is 5.40.